The molecule has 0 unspecified atom stereocenters. The maximum Gasteiger partial charge on any atom is 0.573 e. The third kappa shape index (κ3) is 3.39. The average Bonchev–Trinajstić information content (AvgIpc) is 2.45. The standard InChI is InChI=1S/C15H8F3NO2/c16-15(17,18)21-14-7-10(5-6-11(14)8-19)13-4-2-1-3-12(13)9-20/h1-7,9H. The van der Waals surface area contributed by atoms with Crippen molar-refractivity contribution in [1.82, 2.24) is 0 Å². The fourth-order valence-corrected chi connectivity index (χ4v) is 1.85. The van der Waals surface area contributed by atoms with Crippen molar-refractivity contribution in [3.8, 4) is 22.9 Å². The Labute approximate surface area is 118 Å². The SMILES string of the molecule is N#Cc1ccc(-c2ccccc2C=O)cc1OC(F)(F)F. The van der Waals surface area contributed by atoms with E-state index in [0.717, 1.165) is 6.07 Å². The summed E-state index contributed by atoms with van der Waals surface area (Å²) in [5.74, 6) is -0.594. The van der Waals surface area contributed by atoms with E-state index < -0.39 is 12.1 Å². The fraction of sp³-hybridized carbons (Fsp3) is 0.0667. The van der Waals surface area contributed by atoms with E-state index in [1.165, 1.54) is 12.1 Å². The van der Waals surface area contributed by atoms with Crippen molar-refractivity contribution in [2.45, 2.75) is 6.36 Å². The number of benzene rings is 2. The fourth-order valence-electron chi connectivity index (χ4n) is 1.85. The number of carbonyl (C=O) groups excluding carboxylic acids is 1. The van der Waals surface area contributed by atoms with E-state index in [4.69, 9.17) is 5.26 Å². The van der Waals surface area contributed by atoms with Crippen LogP contribution in [0, 0.1) is 11.3 Å². The molecule has 6 heteroatoms. The lowest BCUT2D eigenvalue weighted by Gasteiger charge is -2.12. The van der Waals surface area contributed by atoms with Gasteiger partial charge >= 0.3 is 6.36 Å². The summed E-state index contributed by atoms with van der Waals surface area (Å²) in [5, 5.41) is 8.82. The molecule has 21 heavy (non-hydrogen) atoms. The molecule has 0 radical (unpaired) electrons. The van der Waals surface area contributed by atoms with Gasteiger partial charge in [-0.05, 0) is 23.3 Å². The number of ether oxygens (including phenoxy) is 1. The minimum atomic E-state index is -4.89. The monoisotopic (exact) mass is 291 g/mol. The second-order valence-electron chi connectivity index (χ2n) is 4.08. The van der Waals surface area contributed by atoms with Crippen molar-refractivity contribution in [1.29, 1.82) is 5.26 Å². The molecule has 0 aliphatic carbocycles. The van der Waals surface area contributed by atoms with Gasteiger partial charge in [-0.2, -0.15) is 5.26 Å². The van der Waals surface area contributed by atoms with Gasteiger partial charge in [0, 0.05) is 5.56 Å². The molecule has 0 bridgehead atoms. The second kappa shape index (κ2) is 5.67. The molecule has 0 aliphatic heterocycles. The van der Waals surface area contributed by atoms with Gasteiger partial charge in [0.1, 0.15) is 11.8 Å². The third-order valence-electron chi connectivity index (χ3n) is 2.73. The number of hydrogen-bond donors (Lipinski definition) is 0. The summed E-state index contributed by atoms with van der Waals surface area (Å²) < 4.78 is 40.9. The Bertz CT molecular complexity index is 718. The van der Waals surface area contributed by atoms with Gasteiger partial charge in [-0.15, -0.1) is 13.2 Å². The predicted octanol–water partition coefficient (Wildman–Crippen LogP) is 3.94. The average molecular weight is 291 g/mol. The first-order valence-electron chi connectivity index (χ1n) is 5.79. The van der Waals surface area contributed by atoms with Gasteiger partial charge in [-0.3, -0.25) is 4.79 Å². The Kier molecular flexibility index (Phi) is 3.94. The topological polar surface area (TPSA) is 50.1 Å². The highest BCUT2D eigenvalue weighted by Crippen LogP contribution is 2.32. The lowest BCUT2D eigenvalue weighted by atomic mass is 9.99. The smallest absolute Gasteiger partial charge is 0.404 e. The highest BCUT2D eigenvalue weighted by atomic mass is 19.4. The number of rotatable bonds is 3. The quantitative estimate of drug-likeness (QED) is 0.805. The van der Waals surface area contributed by atoms with Crippen LogP contribution in [-0.2, 0) is 0 Å². The second-order valence-corrected chi connectivity index (χ2v) is 4.08. The molecule has 0 spiro atoms. The van der Waals surface area contributed by atoms with Crippen molar-refractivity contribution in [2.75, 3.05) is 0 Å². The highest BCUT2D eigenvalue weighted by Gasteiger charge is 2.32. The summed E-state index contributed by atoms with van der Waals surface area (Å²) in [7, 11) is 0. The molecule has 2 aromatic rings. The first-order chi connectivity index (χ1) is 9.94. The van der Waals surface area contributed by atoms with Crippen molar-refractivity contribution >= 4 is 6.29 Å². The van der Waals surface area contributed by atoms with Gasteiger partial charge in [-0.25, -0.2) is 0 Å². The molecular formula is C15H8F3NO2. The van der Waals surface area contributed by atoms with Gasteiger partial charge in [0.2, 0.25) is 0 Å². The Hall–Kier alpha value is -2.81. The van der Waals surface area contributed by atoms with Crippen molar-refractivity contribution in [3.05, 3.63) is 53.6 Å². The van der Waals surface area contributed by atoms with E-state index in [-0.39, 0.29) is 5.56 Å². The summed E-state index contributed by atoms with van der Waals surface area (Å²) in [5.41, 5.74) is 0.916. The number of aldehydes is 1. The van der Waals surface area contributed by atoms with Crippen LogP contribution >= 0.6 is 0 Å². The van der Waals surface area contributed by atoms with Crippen LogP contribution in [0.3, 0.4) is 0 Å². The number of nitriles is 1. The van der Waals surface area contributed by atoms with Crippen LogP contribution in [0.15, 0.2) is 42.5 Å². The van der Waals surface area contributed by atoms with Crippen LogP contribution in [0.1, 0.15) is 15.9 Å². The Morgan fingerprint density at radius 1 is 1.14 bits per heavy atom. The van der Waals surface area contributed by atoms with Gasteiger partial charge in [0.25, 0.3) is 0 Å². The van der Waals surface area contributed by atoms with E-state index in [1.54, 1.807) is 30.3 Å². The minimum absolute atomic E-state index is 0.236. The molecule has 0 atom stereocenters. The van der Waals surface area contributed by atoms with Crippen molar-refractivity contribution < 1.29 is 22.7 Å². The number of alkyl halides is 3. The number of nitrogens with zero attached hydrogens (tertiary/aromatic N) is 1. The van der Waals surface area contributed by atoms with Crippen molar-refractivity contribution in [2.24, 2.45) is 0 Å². The molecule has 0 saturated carbocycles. The largest absolute Gasteiger partial charge is 0.573 e. The van der Waals surface area contributed by atoms with E-state index in [2.05, 4.69) is 4.74 Å². The van der Waals surface area contributed by atoms with Crippen molar-refractivity contribution in [3.63, 3.8) is 0 Å². The van der Waals surface area contributed by atoms with Crippen LogP contribution < -0.4 is 4.74 Å². The number of hydrogen-bond acceptors (Lipinski definition) is 3. The molecule has 3 nitrogen and oxygen atoms in total. The first-order valence-corrected chi connectivity index (χ1v) is 5.79. The molecule has 0 N–H and O–H groups in total. The van der Waals surface area contributed by atoms with E-state index in [9.17, 15) is 18.0 Å². The van der Waals surface area contributed by atoms with E-state index in [0.29, 0.717) is 23.0 Å². The summed E-state index contributed by atoms with van der Waals surface area (Å²) >= 11 is 0. The molecule has 106 valence electrons. The van der Waals surface area contributed by atoms with Gasteiger partial charge in [0.05, 0.1) is 5.56 Å². The molecular weight excluding hydrogens is 283 g/mol. The zero-order chi connectivity index (χ0) is 15.5. The van der Waals surface area contributed by atoms with Crippen LogP contribution in [0.2, 0.25) is 0 Å². The number of carbonyl (C=O) groups is 1. The minimum Gasteiger partial charge on any atom is -0.404 e. The summed E-state index contributed by atoms with van der Waals surface area (Å²) in [6.07, 6.45) is -4.29. The summed E-state index contributed by atoms with van der Waals surface area (Å²) in [4.78, 5) is 11.0. The zero-order valence-electron chi connectivity index (χ0n) is 10.5. The molecule has 0 amide bonds. The highest BCUT2D eigenvalue weighted by molar-refractivity contribution is 5.87. The molecule has 2 rings (SSSR count). The number of halogens is 3. The maximum absolute atomic E-state index is 12.3. The van der Waals surface area contributed by atoms with Crippen LogP contribution in [-0.4, -0.2) is 12.6 Å². The van der Waals surface area contributed by atoms with Crippen LogP contribution in [0.5, 0.6) is 5.75 Å². The summed E-state index contributed by atoms with van der Waals surface area (Å²) in [6.45, 7) is 0. The van der Waals surface area contributed by atoms with E-state index in [1.807, 2.05) is 0 Å². The Morgan fingerprint density at radius 3 is 2.48 bits per heavy atom. The summed E-state index contributed by atoms with van der Waals surface area (Å²) in [6, 6.07) is 11.9. The molecule has 0 heterocycles. The van der Waals surface area contributed by atoms with Crippen LogP contribution in [0.25, 0.3) is 11.1 Å². The maximum atomic E-state index is 12.3. The zero-order valence-corrected chi connectivity index (χ0v) is 10.5. The third-order valence-corrected chi connectivity index (χ3v) is 2.73. The predicted molar refractivity (Wildman–Crippen MR) is 68.7 cm³/mol. The van der Waals surface area contributed by atoms with Crippen LogP contribution in [0.4, 0.5) is 13.2 Å². The molecule has 0 fully saturated rings. The van der Waals surface area contributed by atoms with E-state index >= 15 is 0 Å². The molecule has 0 aliphatic rings. The lowest BCUT2D eigenvalue weighted by Crippen LogP contribution is -2.17. The molecule has 0 saturated heterocycles. The van der Waals surface area contributed by atoms with Gasteiger partial charge < -0.3 is 4.74 Å². The molecule has 0 aromatic heterocycles. The lowest BCUT2D eigenvalue weighted by molar-refractivity contribution is -0.274. The first kappa shape index (κ1) is 14.6. The Morgan fingerprint density at radius 2 is 1.86 bits per heavy atom. The van der Waals surface area contributed by atoms with Gasteiger partial charge in [0.15, 0.2) is 6.29 Å². The molecule has 2 aromatic carbocycles. The van der Waals surface area contributed by atoms with Gasteiger partial charge in [-0.1, -0.05) is 30.3 Å². The Balaban J connectivity index is 2.54. The normalized spacial score (nSPS) is 10.8.